The number of hydrogen-bond acceptors (Lipinski definition) is 3. The van der Waals surface area contributed by atoms with Crippen LogP contribution in [0.15, 0.2) is 18.2 Å². The fourth-order valence-corrected chi connectivity index (χ4v) is 1.38. The average Bonchev–Trinajstić information content (AvgIpc) is 2.27. The van der Waals surface area contributed by atoms with Crippen molar-refractivity contribution in [3.05, 3.63) is 23.8 Å². The van der Waals surface area contributed by atoms with Gasteiger partial charge in [0.15, 0.2) is 11.5 Å². The summed E-state index contributed by atoms with van der Waals surface area (Å²) in [7, 11) is 0. The first kappa shape index (κ1) is 9.27. The number of hydrogen-bond donors (Lipinski definition) is 1. The summed E-state index contributed by atoms with van der Waals surface area (Å²) in [4.78, 5) is 0. The maximum Gasteiger partial charge on any atom is 0.161 e. The van der Waals surface area contributed by atoms with E-state index in [4.69, 9.17) is 15.2 Å². The molecule has 76 valence electrons. The van der Waals surface area contributed by atoms with Crippen molar-refractivity contribution in [2.75, 3.05) is 19.9 Å². The second-order valence-corrected chi connectivity index (χ2v) is 3.16. The Morgan fingerprint density at radius 2 is 2.00 bits per heavy atom. The SMILES string of the molecule is N[C@@H](CF)c1ccc2c(c1)OCCO2. The molecule has 1 heterocycles. The zero-order valence-electron chi connectivity index (χ0n) is 7.70. The van der Waals surface area contributed by atoms with Crippen molar-refractivity contribution in [3.63, 3.8) is 0 Å². The van der Waals surface area contributed by atoms with Crippen molar-refractivity contribution in [1.82, 2.24) is 0 Å². The van der Waals surface area contributed by atoms with Crippen LogP contribution < -0.4 is 15.2 Å². The van der Waals surface area contributed by atoms with Gasteiger partial charge in [0.05, 0.1) is 6.04 Å². The number of ether oxygens (including phenoxy) is 2. The average molecular weight is 197 g/mol. The first-order chi connectivity index (χ1) is 6.81. The van der Waals surface area contributed by atoms with Crippen LogP contribution in [0.4, 0.5) is 4.39 Å². The highest BCUT2D eigenvalue weighted by Gasteiger charge is 2.14. The number of halogens is 1. The van der Waals surface area contributed by atoms with Crippen LogP contribution >= 0.6 is 0 Å². The first-order valence-corrected chi connectivity index (χ1v) is 4.52. The van der Waals surface area contributed by atoms with Gasteiger partial charge in [-0.3, -0.25) is 0 Å². The molecule has 3 nitrogen and oxygen atoms in total. The van der Waals surface area contributed by atoms with Gasteiger partial charge in [-0.1, -0.05) is 6.07 Å². The fourth-order valence-electron chi connectivity index (χ4n) is 1.38. The molecule has 1 atom stereocenters. The number of rotatable bonds is 2. The van der Waals surface area contributed by atoms with Gasteiger partial charge in [0.1, 0.15) is 19.9 Å². The molecule has 0 spiro atoms. The zero-order chi connectivity index (χ0) is 9.97. The maximum absolute atomic E-state index is 12.3. The third-order valence-electron chi connectivity index (χ3n) is 2.16. The topological polar surface area (TPSA) is 44.5 Å². The predicted octanol–water partition coefficient (Wildman–Crippen LogP) is 1.43. The minimum Gasteiger partial charge on any atom is -0.486 e. The van der Waals surface area contributed by atoms with Crippen LogP contribution in [0.3, 0.4) is 0 Å². The van der Waals surface area contributed by atoms with E-state index in [2.05, 4.69) is 0 Å². The summed E-state index contributed by atoms with van der Waals surface area (Å²) in [6, 6.07) is 4.68. The zero-order valence-corrected chi connectivity index (χ0v) is 7.70. The van der Waals surface area contributed by atoms with E-state index in [9.17, 15) is 4.39 Å². The van der Waals surface area contributed by atoms with Crippen molar-refractivity contribution in [1.29, 1.82) is 0 Å². The summed E-state index contributed by atoms with van der Waals surface area (Å²) in [5.74, 6) is 1.35. The lowest BCUT2D eigenvalue weighted by Gasteiger charge is -2.19. The summed E-state index contributed by atoms with van der Waals surface area (Å²) in [5, 5.41) is 0. The van der Waals surface area contributed by atoms with E-state index >= 15 is 0 Å². The van der Waals surface area contributed by atoms with E-state index in [-0.39, 0.29) is 0 Å². The van der Waals surface area contributed by atoms with Crippen molar-refractivity contribution < 1.29 is 13.9 Å². The van der Waals surface area contributed by atoms with Gasteiger partial charge in [0, 0.05) is 0 Å². The van der Waals surface area contributed by atoms with E-state index in [1.54, 1.807) is 18.2 Å². The second-order valence-electron chi connectivity index (χ2n) is 3.16. The molecule has 2 N–H and O–H groups in total. The highest BCUT2D eigenvalue weighted by molar-refractivity contribution is 5.44. The van der Waals surface area contributed by atoms with Crippen LogP contribution in [0.5, 0.6) is 11.5 Å². The Labute approximate surface area is 81.6 Å². The van der Waals surface area contributed by atoms with Gasteiger partial charge in [0.2, 0.25) is 0 Å². The highest BCUT2D eigenvalue weighted by Crippen LogP contribution is 2.32. The van der Waals surface area contributed by atoms with Gasteiger partial charge in [-0.15, -0.1) is 0 Å². The fraction of sp³-hybridized carbons (Fsp3) is 0.400. The molecule has 0 unspecified atom stereocenters. The molecule has 0 bridgehead atoms. The van der Waals surface area contributed by atoms with Crippen LogP contribution in [-0.4, -0.2) is 19.9 Å². The van der Waals surface area contributed by atoms with E-state index < -0.39 is 12.7 Å². The highest BCUT2D eigenvalue weighted by atomic mass is 19.1. The van der Waals surface area contributed by atoms with Crippen molar-refractivity contribution in [3.8, 4) is 11.5 Å². The van der Waals surface area contributed by atoms with Crippen LogP contribution in [0.1, 0.15) is 11.6 Å². The summed E-state index contributed by atoms with van der Waals surface area (Å²) >= 11 is 0. The van der Waals surface area contributed by atoms with Crippen molar-refractivity contribution >= 4 is 0 Å². The van der Waals surface area contributed by atoms with Crippen LogP contribution in [0, 0.1) is 0 Å². The largest absolute Gasteiger partial charge is 0.486 e. The van der Waals surface area contributed by atoms with Crippen molar-refractivity contribution in [2.45, 2.75) is 6.04 Å². The molecule has 1 aliphatic heterocycles. The molecule has 14 heavy (non-hydrogen) atoms. The molecule has 0 aliphatic carbocycles. The van der Waals surface area contributed by atoms with Crippen LogP contribution in [0.25, 0.3) is 0 Å². The molecule has 1 aliphatic rings. The smallest absolute Gasteiger partial charge is 0.161 e. The predicted molar refractivity (Wildman–Crippen MR) is 50.3 cm³/mol. The second kappa shape index (κ2) is 3.84. The van der Waals surface area contributed by atoms with Gasteiger partial charge in [-0.2, -0.15) is 0 Å². The molecular weight excluding hydrogens is 185 g/mol. The monoisotopic (exact) mass is 197 g/mol. The van der Waals surface area contributed by atoms with E-state index in [0.29, 0.717) is 24.7 Å². The van der Waals surface area contributed by atoms with Gasteiger partial charge >= 0.3 is 0 Å². The van der Waals surface area contributed by atoms with Gasteiger partial charge in [0.25, 0.3) is 0 Å². The van der Waals surface area contributed by atoms with E-state index in [0.717, 1.165) is 5.56 Å². The standard InChI is InChI=1S/C10H12FNO2/c11-6-8(12)7-1-2-9-10(5-7)14-4-3-13-9/h1-2,5,8H,3-4,6,12H2/t8-/m0/s1. The Bertz CT molecular complexity index is 330. The summed E-state index contributed by atoms with van der Waals surface area (Å²) in [6.07, 6.45) is 0. The lowest BCUT2D eigenvalue weighted by atomic mass is 10.1. The van der Waals surface area contributed by atoms with Crippen molar-refractivity contribution in [2.24, 2.45) is 5.73 Å². The maximum atomic E-state index is 12.3. The molecule has 0 amide bonds. The molecule has 1 aromatic rings. The molecule has 4 heteroatoms. The summed E-state index contributed by atoms with van der Waals surface area (Å²) < 4.78 is 23.0. The number of fused-ring (bicyclic) bond motifs is 1. The quantitative estimate of drug-likeness (QED) is 0.780. The molecule has 0 fully saturated rings. The minimum absolute atomic E-state index is 0.529. The van der Waals surface area contributed by atoms with Crippen LogP contribution in [-0.2, 0) is 0 Å². The minimum atomic E-state index is -0.578. The van der Waals surface area contributed by atoms with E-state index in [1.165, 1.54) is 0 Å². The molecule has 2 rings (SSSR count). The molecule has 0 radical (unpaired) electrons. The Hall–Kier alpha value is -1.29. The number of alkyl halides is 1. The Balaban J connectivity index is 2.29. The molecule has 0 saturated heterocycles. The summed E-state index contributed by atoms with van der Waals surface area (Å²) in [6.45, 7) is 0.516. The number of nitrogens with two attached hydrogens (primary N) is 1. The van der Waals surface area contributed by atoms with E-state index in [1.807, 2.05) is 0 Å². The number of benzene rings is 1. The third-order valence-corrected chi connectivity index (χ3v) is 2.16. The normalized spacial score (nSPS) is 16.4. The molecule has 0 aromatic heterocycles. The molecule has 0 saturated carbocycles. The Morgan fingerprint density at radius 3 is 2.71 bits per heavy atom. The Morgan fingerprint density at radius 1 is 1.29 bits per heavy atom. The van der Waals surface area contributed by atoms with Gasteiger partial charge in [-0.05, 0) is 17.7 Å². The van der Waals surface area contributed by atoms with Gasteiger partial charge < -0.3 is 15.2 Å². The first-order valence-electron chi connectivity index (χ1n) is 4.52. The molecule has 1 aromatic carbocycles. The lowest BCUT2D eigenvalue weighted by Crippen LogP contribution is -2.17. The third kappa shape index (κ3) is 1.65. The van der Waals surface area contributed by atoms with Crippen LogP contribution in [0.2, 0.25) is 0 Å². The summed E-state index contributed by atoms with van der Waals surface area (Å²) in [5.41, 5.74) is 6.29. The molecular formula is C10H12FNO2. The van der Waals surface area contributed by atoms with Gasteiger partial charge in [-0.25, -0.2) is 4.39 Å². The lowest BCUT2D eigenvalue weighted by molar-refractivity contribution is 0.171. The Kier molecular flexibility index (Phi) is 2.54.